The maximum absolute atomic E-state index is 6.12. The number of hydrogen-bond donors (Lipinski definition) is 1. The molecule has 0 amide bonds. The lowest BCUT2D eigenvalue weighted by Crippen LogP contribution is -2.21. The summed E-state index contributed by atoms with van der Waals surface area (Å²) in [5.74, 6) is 0.502. The summed E-state index contributed by atoms with van der Waals surface area (Å²) in [6, 6.07) is 10.4. The summed E-state index contributed by atoms with van der Waals surface area (Å²) in [6.07, 6.45) is 1.09. The molecule has 0 unspecified atom stereocenters. The average Bonchev–Trinajstić information content (AvgIpc) is 2.71. The van der Waals surface area contributed by atoms with E-state index in [2.05, 4.69) is 12.1 Å². The van der Waals surface area contributed by atoms with E-state index in [-0.39, 0.29) is 6.04 Å². The van der Waals surface area contributed by atoms with Gasteiger partial charge in [-0.25, -0.2) is 0 Å². The predicted octanol–water partition coefficient (Wildman–Crippen LogP) is 1.72. The van der Waals surface area contributed by atoms with Crippen molar-refractivity contribution in [3.8, 4) is 0 Å². The molecule has 0 aliphatic carbocycles. The molecule has 0 aromatic heterocycles. The van der Waals surface area contributed by atoms with Crippen LogP contribution in [0.3, 0.4) is 0 Å². The zero-order chi connectivity index (χ0) is 9.10. The number of ether oxygens (including phenoxy) is 1. The van der Waals surface area contributed by atoms with Crippen LogP contribution in [-0.2, 0) is 4.74 Å². The molecule has 2 N–H and O–H groups in total. The molecule has 2 heteroatoms. The molecule has 0 bridgehead atoms. The normalized spacial score (nSPS) is 24.5. The smallest absolute Gasteiger partial charge is 0.0513 e. The van der Waals surface area contributed by atoms with Crippen LogP contribution in [0.5, 0.6) is 0 Å². The summed E-state index contributed by atoms with van der Waals surface area (Å²) >= 11 is 0. The van der Waals surface area contributed by atoms with E-state index in [0.29, 0.717) is 5.92 Å². The second kappa shape index (κ2) is 3.90. The van der Waals surface area contributed by atoms with E-state index in [1.54, 1.807) is 0 Å². The first-order valence-corrected chi connectivity index (χ1v) is 4.76. The molecule has 1 aromatic carbocycles. The lowest BCUT2D eigenvalue weighted by atomic mass is 9.93. The molecule has 2 rings (SSSR count). The third-order valence-corrected chi connectivity index (χ3v) is 2.66. The maximum atomic E-state index is 6.12. The van der Waals surface area contributed by atoms with Crippen molar-refractivity contribution in [3.63, 3.8) is 0 Å². The van der Waals surface area contributed by atoms with Gasteiger partial charge >= 0.3 is 0 Å². The minimum Gasteiger partial charge on any atom is -0.381 e. The largest absolute Gasteiger partial charge is 0.381 e. The molecule has 0 radical (unpaired) electrons. The van der Waals surface area contributed by atoms with Gasteiger partial charge < -0.3 is 10.5 Å². The molecule has 70 valence electrons. The topological polar surface area (TPSA) is 35.2 Å². The Kier molecular flexibility index (Phi) is 2.62. The van der Waals surface area contributed by atoms with Crippen molar-refractivity contribution < 1.29 is 4.74 Å². The van der Waals surface area contributed by atoms with Crippen LogP contribution in [0.1, 0.15) is 18.0 Å². The molecule has 1 saturated heterocycles. The molecule has 1 aliphatic heterocycles. The Bertz CT molecular complexity index is 254. The Balaban J connectivity index is 2.08. The highest BCUT2D eigenvalue weighted by Gasteiger charge is 2.23. The minimum absolute atomic E-state index is 0.142. The van der Waals surface area contributed by atoms with Crippen molar-refractivity contribution >= 4 is 0 Å². The fraction of sp³-hybridized carbons (Fsp3) is 0.455. The molecular formula is C11H15NO. The number of rotatable bonds is 2. The molecule has 1 fully saturated rings. The highest BCUT2D eigenvalue weighted by atomic mass is 16.5. The summed E-state index contributed by atoms with van der Waals surface area (Å²) in [6.45, 7) is 1.68. The quantitative estimate of drug-likeness (QED) is 0.746. The molecule has 0 saturated carbocycles. The highest BCUT2D eigenvalue weighted by molar-refractivity contribution is 5.19. The first-order chi connectivity index (χ1) is 6.38. The molecule has 1 aliphatic rings. The van der Waals surface area contributed by atoms with E-state index < -0.39 is 0 Å². The fourth-order valence-corrected chi connectivity index (χ4v) is 1.78. The zero-order valence-corrected chi connectivity index (χ0v) is 7.65. The monoisotopic (exact) mass is 177 g/mol. The maximum Gasteiger partial charge on any atom is 0.0513 e. The van der Waals surface area contributed by atoms with Gasteiger partial charge in [-0.1, -0.05) is 30.3 Å². The number of benzene rings is 1. The Hall–Kier alpha value is -0.860. The van der Waals surface area contributed by atoms with Crippen molar-refractivity contribution in [2.24, 2.45) is 11.7 Å². The van der Waals surface area contributed by atoms with Gasteiger partial charge in [-0.05, 0) is 12.0 Å². The number of nitrogens with two attached hydrogens (primary N) is 1. The first-order valence-electron chi connectivity index (χ1n) is 4.76. The lowest BCUT2D eigenvalue weighted by molar-refractivity contribution is 0.181. The third kappa shape index (κ3) is 1.90. The van der Waals surface area contributed by atoms with Gasteiger partial charge in [-0.15, -0.1) is 0 Å². The molecule has 13 heavy (non-hydrogen) atoms. The van der Waals surface area contributed by atoms with Crippen LogP contribution in [-0.4, -0.2) is 13.2 Å². The van der Waals surface area contributed by atoms with E-state index >= 15 is 0 Å². The van der Waals surface area contributed by atoms with E-state index in [4.69, 9.17) is 10.5 Å². The first kappa shape index (κ1) is 8.73. The fourth-order valence-electron chi connectivity index (χ4n) is 1.78. The Labute approximate surface area is 78.7 Å². The van der Waals surface area contributed by atoms with E-state index in [9.17, 15) is 0 Å². The summed E-state index contributed by atoms with van der Waals surface area (Å²) in [4.78, 5) is 0. The van der Waals surface area contributed by atoms with Crippen LogP contribution >= 0.6 is 0 Å². The van der Waals surface area contributed by atoms with Crippen molar-refractivity contribution in [3.05, 3.63) is 35.9 Å². The van der Waals surface area contributed by atoms with Crippen LogP contribution in [0.4, 0.5) is 0 Å². The van der Waals surface area contributed by atoms with Crippen LogP contribution in [0, 0.1) is 5.92 Å². The molecule has 2 nitrogen and oxygen atoms in total. The van der Waals surface area contributed by atoms with E-state index in [1.807, 2.05) is 18.2 Å². The SMILES string of the molecule is N[C@@H](c1ccccc1)[C@@H]1CCOC1. The summed E-state index contributed by atoms with van der Waals surface area (Å²) in [5, 5.41) is 0. The van der Waals surface area contributed by atoms with Gasteiger partial charge in [0.25, 0.3) is 0 Å². The lowest BCUT2D eigenvalue weighted by Gasteiger charge is -2.17. The van der Waals surface area contributed by atoms with Crippen LogP contribution in [0.2, 0.25) is 0 Å². The predicted molar refractivity (Wildman–Crippen MR) is 52.3 cm³/mol. The van der Waals surface area contributed by atoms with E-state index in [1.165, 1.54) is 5.56 Å². The van der Waals surface area contributed by atoms with Gasteiger partial charge in [-0.3, -0.25) is 0 Å². The van der Waals surface area contributed by atoms with Gasteiger partial charge in [0, 0.05) is 18.6 Å². The van der Waals surface area contributed by atoms with Gasteiger partial charge in [0.05, 0.1) is 6.61 Å². The van der Waals surface area contributed by atoms with Gasteiger partial charge in [0.15, 0.2) is 0 Å². The minimum atomic E-state index is 0.142. The zero-order valence-electron chi connectivity index (χ0n) is 7.65. The van der Waals surface area contributed by atoms with Crippen LogP contribution in [0.25, 0.3) is 0 Å². The second-order valence-electron chi connectivity index (χ2n) is 3.56. The summed E-state index contributed by atoms with van der Waals surface area (Å²) < 4.78 is 5.32. The highest BCUT2D eigenvalue weighted by Crippen LogP contribution is 2.26. The van der Waals surface area contributed by atoms with E-state index in [0.717, 1.165) is 19.6 Å². The molecule has 0 spiro atoms. The summed E-state index contributed by atoms with van der Waals surface area (Å²) in [5.41, 5.74) is 7.34. The van der Waals surface area contributed by atoms with Crippen molar-refractivity contribution in [1.29, 1.82) is 0 Å². The summed E-state index contributed by atoms with van der Waals surface area (Å²) in [7, 11) is 0. The molecule has 2 atom stereocenters. The second-order valence-corrected chi connectivity index (χ2v) is 3.56. The Morgan fingerprint density at radius 3 is 2.69 bits per heavy atom. The Morgan fingerprint density at radius 2 is 2.08 bits per heavy atom. The van der Waals surface area contributed by atoms with Crippen molar-refractivity contribution in [2.75, 3.05) is 13.2 Å². The standard InChI is InChI=1S/C11H15NO/c12-11(10-6-7-13-8-10)9-4-2-1-3-5-9/h1-5,10-11H,6-8,12H2/t10-,11+/m1/s1. The average molecular weight is 177 g/mol. The van der Waals surface area contributed by atoms with Gasteiger partial charge in [-0.2, -0.15) is 0 Å². The molecule has 1 aromatic rings. The molecule has 1 heterocycles. The van der Waals surface area contributed by atoms with Crippen molar-refractivity contribution in [2.45, 2.75) is 12.5 Å². The van der Waals surface area contributed by atoms with Crippen molar-refractivity contribution in [1.82, 2.24) is 0 Å². The van der Waals surface area contributed by atoms with Crippen LogP contribution in [0.15, 0.2) is 30.3 Å². The van der Waals surface area contributed by atoms with Crippen LogP contribution < -0.4 is 5.73 Å². The Morgan fingerprint density at radius 1 is 1.31 bits per heavy atom. The van der Waals surface area contributed by atoms with Gasteiger partial charge in [0.1, 0.15) is 0 Å². The van der Waals surface area contributed by atoms with Gasteiger partial charge in [0.2, 0.25) is 0 Å². The molecular weight excluding hydrogens is 162 g/mol. The third-order valence-electron chi connectivity index (χ3n) is 2.66. The number of hydrogen-bond acceptors (Lipinski definition) is 2.